The first-order chi connectivity index (χ1) is 6.33. The van der Waals surface area contributed by atoms with Gasteiger partial charge in [0.2, 0.25) is 6.39 Å². The zero-order valence-corrected chi connectivity index (χ0v) is 6.97. The third-order valence-electron chi connectivity index (χ3n) is 1.38. The fourth-order valence-corrected chi connectivity index (χ4v) is 0.737. The Hall–Kier alpha value is -1.63. The van der Waals surface area contributed by atoms with Gasteiger partial charge in [0.05, 0.1) is 6.54 Å². The molecule has 0 bridgehead atoms. The maximum atomic E-state index is 8.21. The molecular weight excluding hydrogens is 174 g/mol. The Morgan fingerprint density at radius 3 is 3.23 bits per heavy atom. The summed E-state index contributed by atoms with van der Waals surface area (Å²) < 4.78 is 4.52. The van der Waals surface area contributed by atoms with Gasteiger partial charge < -0.3 is 20.8 Å². The van der Waals surface area contributed by atoms with Crippen molar-refractivity contribution >= 4 is 5.84 Å². The molecule has 7 heteroatoms. The van der Waals surface area contributed by atoms with E-state index < -0.39 is 0 Å². The maximum Gasteiger partial charge on any atom is 0.213 e. The predicted molar refractivity (Wildman–Crippen MR) is 44.0 cm³/mol. The first-order valence-corrected chi connectivity index (χ1v) is 3.75. The Kier molecular flexibility index (Phi) is 3.71. The number of aromatic nitrogens is 2. The largest absolute Gasteiger partial charge is 0.409 e. The summed E-state index contributed by atoms with van der Waals surface area (Å²) in [6.45, 7) is 1.11. The molecule has 0 unspecified atom stereocenters. The van der Waals surface area contributed by atoms with Crippen LogP contribution in [0.5, 0.6) is 0 Å². The SMILES string of the molecule is NC(CCNCc1ncon1)=NO. The molecule has 0 atom stereocenters. The lowest BCUT2D eigenvalue weighted by Crippen LogP contribution is -2.22. The number of nitrogens with two attached hydrogens (primary N) is 1. The molecule has 0 aromatic carbocycles. The van der Waals surface area contributed by atoms with Crippen molar-refractivity contribution < 1.29 is 9.73 Å². The number of nitrogens with one attached hydrogen (secondary N) is 1. The molecule has 1 rings (SSSR count). The molecule has 0 spiro atoms. The quantitative estimate of drug-likeness (QED) is 0.184. The summed E-state index contributed by atoms with van der Waals surface area (Å²) in [5, 5.41) is 17.6. The van der Waals surface area contributed by atoms with E-state index in [1.807, 2.05) is 0 Å². The number of oxime groups is 1. The van der Waals surface area contributed by atoms with E-state index in [0.717, 1.165) is 0 Å². The van der Waals surface area contributed by atoms with Gasteiger partial charge in [-0.05, 0) is 0 Å². The molecule has 1 heterocycles. The lowest BCUT2D eigenvalue weighted by atomic mass is 10.4. The van der Waals surface area contributed by atoms with Crippen molar-refractivity contribution in [1.29, 1.82) is 0 Å². The summed E-state index contributed by atoms with van der Waals surface area (Å²) in [6, 6.07) is 0. The molecule has 7 nitrogen and oxygen atoms in total. The second-order valence-corrected chi connectivity index (χ2v) is 2.37. The number of hydrogen-bond donors (Lipinski definition) is 3. The molecular formula is C6H11N5O2. The van der Waals surface area contributed by atoms with E-state index in [1.54, 1.807) is 0 Å². The van der Waals surface area contributed by atoms with Crippen LogP contribution in [0.1, 0.15) is 12.2 Å². The molecule has 13 heavy (non-hydrogen) atoms. The Bertz CT molecular complexity index is 258. The van der Waals surface area contributed by atoms with Gasteiger partial charge in [0.25, 0.3) is 0 Å². The predicted octanol–water partition coefficient (Wildman–Crippen LogP) is -0.704. The highest BCUT2D eigenvalue weighted by Crippen LogP contribution is 1.86. The van der Waals surface area contributed by atoms with Crippen LogP contribution in [0, 0.1) is 0 Å². The third-order valence-corrected chi connectivity index (χ3v) is 1.38. The van der Waals surface area contributed by atoms with E-state index in [4.69, 9.17) is 10.9 Å². The molecule has 0 aliphatic rings. The number of amidine groups is 1. The van der Waals surface area contributed by atoms with E-state index in [2.05, 4.69) is 25.1 Å². The van der Waals surface area contributed by atoms with Gasteiger partial charge in [-0.1, -0.05) is 10.3 Å². The van der Waals surface area contributed by atoms with Crippen LogP contribution in [0.2, 0.25) is 0 Å². The first kappa shape index (κ1) is 9.46. The summed E-state index contributed by atoms with van der Waals surface area (Å²) in [6.07, 6.45) is 1.74. The first-order valence-electron chi connectivity index (χ1n) is 3.75. The zero-order valence-electron chi connectivity index (χ0n) is 6.97. The Balaban J connectivity index is 2.08. The summed E-state index contributed by atoms with van der Waals surface area (Å²) in [5.41, 5.74) is 5.24. The average molecular weight is 185 g/mol. The second kappa shape index (κ2) is 5.09. The molecule has 0 saturated carbocycles. The van der Waals surface area contributed by atoms with Crippen LogP contribution < -0.4 is 11.1 Å². The van der Waals surface area contributed by atoms with Crippen LogP contribution in [0.25, 0.3) is 0 Å². The third kappa shape index (κ3) is 3.52. The van der Waals surface area contributed by atoms with E-state index in [9.17, 15) is 0 Å². The van der Waals surface area contributed by atoms with Crippen molar-refractivity contribution in [3.8, 4) is 0 Å². The lowest BCUT2D eigenvalue weighted by molar-refractivity contribution is 0.316. The zero-order chi connectivity index (χ0) is 9.52. The van der Waals surface area contributed by atoms with E-state index in [-0.39, 0.29) is 5.84 Å². The topological polar surface area (TPSA) is 110 Å². The molecule has 0 radical (unpaired) electrons. The van der Waals surface area contributed by atoms with Crippen LogP contribution in [0.15, 0.2) is 16.1 Å². The van der Waals surface area contributed by atoms with Gasteiger partial charge in [-0.15, -0.1) is 0 Å². The van der Waals surface area contributed by atoms with Crippen molar-refractivity contribution in [3.05, 3.63) is 12.2 Å². The molecule has 0 amide bonds. The molecule has 1 aromatic rings. The van der Waals surface area contributed by atoms with Gasteiger partial charge in [0.1, 0.15) is 5.84 Å². The van der Waals surface area contributed by atoms with Crippen LogP contribution in [-0.4, -0.2) is 27.7 Å². The van der Waals surface area contributed by atoms with Crippen LogP contribution >= 0.6 is 0 Å². The Morgan fingerprint density at radius 2 is 2.62 bits per heavy atom. The van der Waals surface area contributed by atoms with Gasteiger partial charge in [-0.2, -0.15) is 4.98 Å². The summed E-state index contributed by atoms with van der Waals surface area (Å²) in [5.74, 6) is 0.778. The number of hydrogen-bond acceptors (Lipinski definition) is 6. The molecule has 1 aromatic heterocycles. The highest BCUT2D eigenvalue weighted by atomic mass is 16.5. The summed E-state index contributed by atoms with van der Waals surface area (Å²) in [7, 11) is 0. The van der Waals surface area contributed by atoms with E-state index in [0.29, 0.717) is 25.3 Å². The minimum atomic E-state index is 0.195. The van der Waals surface area contributed by atoms with Crippen molar-refractivity contribution in [2.45, 2.75) is 13.0 Å². The molecule has 0 saturated heterocycles. The molecule has 0 aliphatic heterocycles. The maximum absolute atomic E-state index is 8.21. The van der Waals surface area contributed by atoms with Crippen molar-refractivity contribution in [3.63, 3.8) is 0 Å². The monoisotopic (exact) mass is 185 g/mol. The number of rotatable bonds is 5. The van der Waals surface area contributed by atoms with Crippen LogP contribution in [0.3, 0.4) is 0 Å². The fourth-order valence-electron chi connectivity index (χ4n) is 0.737. The minimum absolute atomic E-state index is 0.195. The highest BCUT2D eigenvalue weighted by Gasteiger charge is 1.97. The Morgan fingerprint density at radius 1 is 1.77 bits per heavy atom. The van der Waals surface area contributed by atoms with Crippen molar-refractivity contribution in [2.75, 3.05) is 6.54 Å². The molecule has 0 aliphatic carbocycles. The molecule has 0 fully saturated rings. The summed E-state index contributed by atoms with van der Waals surface area (Å²) >= 11 is 0. The van der Waals surface area contributed by atoms with Gasteiger partial charge >= 0.3 is 0 Å². The smallest absolute Gasteiger partial charge is 0.213 e. The van der Waals surface area contributed by atoms with Gasteiger partial charge in [0.15, 0.2) is 5.82 Å². The summed E-state index contributed by atoms with van der Waals surface area (Å²) in [4.78, 5) is 3.80. The van der Waals surface area contributed by atoms with E-state index >= 15 is 0 Å². The minimum Gasteiger partial charge on any atom is -0.409 e. The van der Waals surface area contributed by atoms with Crippen LogP contribution in [-0.2, 0) is 6.54 Å². The standard InChI is InChI=1S/C6H11N5O2/c7-5(10-12)1-2-8-3-6-9-4-13-11-6/h4,8,12H,1-3H2,(H2,7,10). The highest BCUT2D eigenvalue weighted by molar-refractivity contribution is 5.79. The molecule has 72 valence electrons. The normalized spacial score (nSPS) is 11.8. The van der Waals surface area contributed by atoms with Gasteiger partial charge in [-0.25, -0.2) is 0 Å². The van der Waals surface area contributed by atoms with Crippen molar-refractivity contribution in [2.24, 2.45) is 10.9 Å². The number of nitrogens with zero attached hydrogens (tertiary/aromatic N) is 3. The van der Waals surface area contributed by atoms with E-state index in [1.165, 1.54) is 6.39 Å². The van der Waals surface area contributed by atoms with Gasteiger partial charge in [-0.3, -0.25) is 0 Å². The molecule has 4 N–H and O–H groups in total. The van der Waals surface area contributed by atoms with Crippen molar-refractivity contribution in [1.82, 2.24) is 15.5 Å². The Labute approximate surface area is 74.6 Å². The second-order valence-electron chi connectivity index (χ2n) is 2.37. The fraction of sp³-hybridized carbons (Fsp3) is 0.500. The van der Waals surface area contributed by atoms with Crippen LogP contribution in [0.4, 0.5) is 0 Å². The average Bonchev–Trinajstić information content (AvgIpc) is 2.64. The lowest BCUT2D eigenvalue weighted by Gasteiger charge is -1.99. The van der Waals surface area contributed by atoms with Gasteiger partial charge in [0, 0.05) is 13.0 Å².